The lowest BCUT2D eigenvalue weighted by Crippen LogP contribution is -2.31. The molecule has 1 amide bonds. The number of rotatable bonds is 8. The predicted molar refractivity (Wildman–Crippen MR) is 110 cm³/mol. The molecule has 0 aliphatic heterocycles. The molecule has 3 rings (SSSR count). The standard InChI is InChI=1S/C21H25N3OS/c1-3-14-24-19-12-8-7-11-17(19)22-20(24)18(13-15-26-2)23-21(25)16-9-5-4-6-10-16/h4-12,18H,3,13-15H2,1-2H3,(H,23,25)/t18-/m0/s1. The minimum absolute atomic E-state index is 0.0493. The van der Waals surface area contributed by atoms with Crippen molar-refractivity contribution in [2.75, 3.05) is 12.0 Å². The van der Waals surface area contributed by atoms with E-state index in [0.29, 0.717) is 5.56 Å². The lowest BCUT2D eigenvalue weighted by atomic mass is 10.1. The van der Waals surface area contributed by atoms with Gasteiger partial charge in [-0.1, -0.05) is 37.3 Å². The zero-order valence-corrected chi connectivity index (χ0v) is 16.1. The first kappa shape index (κ1) is 18.5. The van der Waals surface area contributed by atoms with Crippen LogP contribution in [0.1, 0.15) is 42.0 Å². The van der Waals surface area contributed by atoms with E-state index >= 15 is 0 Å². The normalized spacial score (nSPS) is 12.2. The average molecular weight is 368 g/mol. The third kappa shape index (κ3) is 4.10. The van der Waals surface area contributed by atoms with Crippen LogP contribution in [-0.2, 0) is 6.54 Å². The number of thioether (sulfide) groups is 1. The summed E-state index contributed by atoms with van der Waals surface area (Å²) in [5, 5.41) is 3.21. The Bertz CT molecular complexity index is 860. The van der Waals surface area contributed by atoms with Gasteiger partial charge in [0.15, 0.2) is 0 Å². The van der Waals surface area contributed by atoms with E-state index in [1.807, 2.05) is 48.5 Å². The second-order valence-electron chi connectivity index (χ2n) is 6.28. The van der Waals surface area contributed by atoms with Gasteiger partial charge in [-0.05, 0) is 49.1 Å². The number of carbonyl (C=O) groups is 1. The van der Waals surface area contributed by atoms with Crippen LogP contribution in [0.3, 0.4) is 0 Å². The SMILES string of the molecule is CCCn1c([C@H](CCSC)NC(=O)c2ccccc2)nc2ccccc21. The van der Waals surface area contributed by atoms with Gasteiger partial charge in [-0.3, -0.25) is 4.79 Å². The van der Waals surface area contributed by atoms with Crippen molar-refractivity contribution in [3.63, 3.8) is 0 Å². The summed E-state index contributed by atoms with van der Waals surface area (Å²) in [6.45, 7) is 3.06. The number of nitrogens with one attached hydrogen (secondary N) is 1. The Balaban J connectivity index is 1.95. The number of fused-ring (bicyclic) bond motifs is 1. The fraction of sp³-hybridized carbons (Fsp3) is 0.333. The summed E-state index contributed by atoms with van der Waals surface area (Å²) in [7, 11) is 0. The van der Waals surface area contributed by atoms with E-state index in [4.69, 9.17) is 4.98 Å². The van der Waals surface area contributed by atoms with Crippen molar-refractivity contribution in [3.8, 4) is 0 Å². The molecule has 1 heterocycles. The lowest BCUT2D eigenvalue weighted by molar-refractivity contribution is 0.0933. The number of imidazole rings is 1. The number of para-hydroxylation sites is 2. The van der Waals surface area contributed by atoms with Gasteiger partial charge >= 0.3 is 0 Å². The van der Waals surface area contributed by atoms with Gasteiger partial charge in [0, 0.05) is 12.1 Å². The first-order chi connectivity index (χ1) is 12.7. The fourth-order valence-corrected chi connectivity index (χ4v) is 3.62. The van der Waals surface area contributed by atoms with Crippen LogP contribution in [0.4, 0.5) is 0 Å². The van der Waals surface area contributed by atoms with E-state index in [2.05, 4.69) is 29.1 Å². The maximum absolute atomic E-state index is 12.7. The molecule has 0 unspecified atom stereocenters. The maximum Gasteiger partial charge on any atom is 0.251 e. The number of benzene rings is 2. The Morgan fingerprint density at radius 3 is 2.62 bits per heavy atom. The number of aryl methyl sites for hydroxylation is 1. The number of aromatic nitrogens is 2. The third-order valence-electron chi connectivity index (χ3n) is 4.39. The molecule has 0 saturated carbocycles. The minimum atomic E-state index is -0.103. The highest BCUT2D eigenvalue weighted by atomic mass is 32.2. The average Bonchev–Trinajstić information content (AvgIpc) is 3.04. The van der Waals surface area contributed by atoms with Crippen LogP contribution in [-0.4, -0.2) is 27.5 Å². The van der Waals surface area contributed by atoms with E-state index in [1.165, 1.54) is 0 Å². The molecule has 5 heteroatoms. The molecular formula is C21H25N3OS. The summed E-state index contributed by atoms with van der Waals surface area (Å²) in [6, 6.07) is 17.5. The molecule has 0 saturated heterocycles. The molecule has 0 aliphatic rings. The van der Waals surface area contributed by atoms with Crippen LogP contribution in [0, 0.1) is 0 Å². The Kier molecular flexibility index (Phi) is 6.34. The van der Waals surface area contributed by atoms with Gasteiger partial charge in [-0.25, -0.2) is 4.98 Å². The summed E-state index contributed by atoms with van der Waals surface area (Å²) in [6.07, 6.45) is 3.97. The van der Waals surface area contributed by atoms with Crippen LogP contribution in [0.15, 0.2) is 54.6 Å². The van der Waals surface area contributed by atoms with Crippen molar-refractivity contribution in [3.05, 3.63) is 66.0 Å². The molecule has 3 aromatic rings. The van der Waals surface area contributed by atoms with Crippen molar-refractivity contribution in [2.24, 2.45) is 0 Å². The molecule has 2 aromatic carbocycles. The van der Waals surface area contributed by atoms with Gasteiger partial charge in [0.2, 0.25) is 0 Å². The van der Waals surface area contributed by atoms with Gasteiger partial charge in [0.1, 0.15) is 5.82 Å². The molecule has 1 N–H and O–H groups in total. The first-order valence-corrected chi connectivity index (χ1v) is 10.4. The van der Waals surface area contributed by atoms with Crippen molar-refractivity contribution >= 4 is 28.7 Å². The molecule has 0 aliphatic carbocycles. The second-order valence-corrected chi connectivity index (χ2v) is 7.27. The molecule has 0 spiro atoms. The topological polar surface area (TPSA) is 46.9 Å². The molecule has 26 heavy (non-hydrogen) atoms. The Hall–Kier alpha value is -2.27. The minimum Gasteiger partial charge on any atom is -0.342 e. The second kappa shape index (κ2) is 8.90. The van der Waals surface area contributed by atoms with E-state index in [0.717, 1.165) is 42.0 Å². The van der Waals surface area contributed by atoms with Crippen LogP contribution in [0.2, 0.25) is 0 Å². The van der Waals surface area contributed by atoms with E-state index in [1.54, 1.807) is 11.8 Å². The maximum atomic E-state index is 12.7. The van der Waals surface area contributed by atoms with Crippen LogP contribution < -0.4 is 5.32 Å². The highest BCUT2D eigenvalue weighted by Gasteiger charge is 2.22. The number of carbonyl (C=O) groups excluding carboxylic acids is 1. The van der Waals surface area contributed by atoms with Crippen molar-refractivity contribution in [1.29, 1.82) is 0 Å². The Morgan fingerprint density at radius 2 is 1.88 bits per heavy atom. The molecule has 0 bridgehead atoms. The Morgan fingerprint density at radius 1 is 1.15 bits per heavy atom. The molecule has 136 valence electrons. The summed E-state index contributed by atoms with van der Waals surface area (Å²) >= 11 is 1.79. The molecule has 0 fully saturated rings. The summed E-state index contributed by atoms with van der Waals surface area (Å²) in [5.74, 6) is 1.87. The van der Waals surface area contributed by atoms with Gasteiger partial charge in [0.05, 0.1) is 17.1 Å². The Labute approximate surface area is 159 Å². The van der Waals surface area contributed by atoms with Gasteiger partial charge in [-0.15, -0.1) is 0 Å². The number of amides is 1. The van der Waals surface area contributed by atoms with Crippen molar-refractivity contribution < 1.29 is 4.79 Å². The zero-order valence-electron chi connectivity index (χ0n) is 15.3. The molecule has 4 nitrogen and oxygen atoms in total. The van der Waals surface area contributed by atoms with Crippen LogP contribution in [0.5, 0.6) is 0 Å². The molecule has 1 aromatic heterocycles. The van der Waals surface area contributed by atoms with Crippen LogP contribution in [0.25, 0.3) is 11.0 Å². The number of nitrogens with zero attached hydrogens (tertiary/aromatic N) is 2. The molecule has 1 atom stereocenters. The molecule has 0 radical (unpaired) electrons. The first-order valence-electron chi connectivity index (χ1n) is 9.04. The summed E-state index contributed by atoms with van der Waals surface area (Å²) in [5.41, 5.74) is 2.80. The third-order valence-corrected chi connectivity index (χ3v) is 5.04. The number of hydrogen-bond acceptors (Lipinski definition) is 3. The van der Waals surface area contributed by atoms with Gasteiger partial charge < -0.3 is 9.88 Å². The highest BCUT2D eigenvalue weighted by molar-refractivity contribution is 7.98. The monoisotopic (exact) mass is 367 g/mol. The highest BCUT2D eigenvalue weighted by Crippen LogP contribution is 2.25. The predicted octanol–water partition coefficient (Wildman–Crippen LogP) is 4.67. The summed E-state index contributed by atoms with van der Waals surface area (Å²) < 4.78 is 2.26. The zero-order chi connectivity index (χ0) is 18.4. The molecular weight excluding hydrogens is 342 g/mol. The van der Waals surface area contributed by atoms with Gasteiger partial charge in [-0.2, -0.15) is 11.8 Å². The van der Waals surface area contributed by atoms with E-state index in [-0.39, 0.29) is 11.9 Å². The number of hydrogen-bond donors (Lipinski definition) is 1. The smallest absolute Gasteiger partial charge is 0.251 e. The summed E-state index contributed by atoms with van der Waals surface area (Å²) in [4.78, 5) is 17.6. The van der Waals surface area contributed by atoms with Crippen LogP contribution >= 0.6 is 11.8 Å². The van der Waals surface area contributed by atoms with Gasteiger partial charge in [0.25, 0.3) is 5.91 Å². The van der Waals surface area contributed by atoms with E-state index < -0.39 is 0 Å². The van der Waals surface area contributed by atoms with Crippen molar-refractivity contribution in [2.45, 2.75) is 32.4 Å². The lowest BCUT2D eigenvalue weighted by Gasteiger charge is -2.20. The quantitative estimate of drug-likeness (QED) is 0.629. The van der Waals surface area contributed by atoms with Crippen molar-refractivity contribution in [1.82, 2.24) is 14.9 Å². The fourth-order valence-electron chi connectivity index (χ4n) is 3.15. The van der Waals surface area contributed by atoms with E-state index in [9.17, 15) is 4.79 Å². The largest absolute Gasteiger partial charge is 0.342 e.